The van der Waals surface area contributed by atoms with Crippen LogP contribution in [0.3, 0.4) is 0 Å². The predicted octanol–water partition coefficient (Wildman–Crippen LogP) is 8.61. The molecule has 7 rings (SSSR count). The third kappa shape index (κ3) is 4.40. The second-order valence-corrected chi connectivity index (χ2v) is 9.08. The minimum atomic E-state index is 0. The fraction of sp³-hybridized carbons (Fsp3) is 0. The van der Waals surface area contributed by atoms with Gasteiger partial charge in [0.25, 0.3) is 0 Å². The molecular weight excluding hydrogens is 645 g/mol. The van der Waals surface area contributed by atoms with Crippen LogP contribution in [0.15, 0.2) is 127 Å². The van der Waals surface area contributed by atoms with Crippen molar-refractivity contribution in [2.45, 2.75) is 0 Å². The molecule has 0 spiro atoms. The van der Waals surface area contributed by atoms with Gasteiger partial charge in [-0.05, 0) is 28.0 Å². The van der Waals surface area contributed by atoms with Crippen molar-refractivity contribution in [2.75, 3.05) is 0 Å². The van der Waals surface area contributed by atoms with Gasteiger partial charge in [0.1, 0.15) is 0 Å². The zero-order valence-electron chi connectivity index (χ0n) is 20.3. The van der Waals surface area contributed by atoms with Gasteiger partial charge in [0.15, 0.2) is 0 Å². The summed E-state index contributed by atoms with van der Waals surface area (Å²) < 4.78 is 0. The van der Waals surface area contributed by atoms with Crippen LogP contribution in [0, 0.1) is 12.1 Å². The van der Waals surface area contributed by atoms with E-state index >= 15 is 0 Å². The van der Waals surface area contributed by atoms with Crippen molar-refractivity contribution in [1.82, 2.24) is 9.97 Å². The van der Waals surface area contributed by atoms with Crippen LogP contribution >= 0.6 is 0 Å². The molecule has 0 saturated carbocycles. The van der Waals surface area contributed by atoms with E-state index in [0.29, 0.717) is 0 Å². The van der Waals surface area contributed by atoms with Crippen molar-refractivity contribution >= 4 is 21.8 Å². The summed E-state index contributed by atoms with van der Waals surface area (Å²) in [6.07, 6.45) is 0. The van der Waals surface area contributed by atoms with E-state index in [2.05, 4.69) is 109 Å². The van der Waals surface area contributed by atoms with Gasteiger partial charge < -0.3 is 4.98 Å². The van der Waals surface area contributed by atoms with Crippen LogP contribution in [0.5, 0.6) is 0 Å². The molecule has 2 aromatic heterocycles. The Morgan fingerprint density at radius 2 is 1.29 bits per heavy atom. The van der Waals surface area contributed by atoms with E-state index in [1.807, 2.05) is 30.3 Å². The third-order valence-electron chi connectivity index (χ3n) is 6.74. The second-order valence-electron chi connectivity index (χ2n) is 9.08. The quantitative estimate of drug-likeness (QED) is 0.139. The topological polar surface area (TPSA) is 27.0 Å². The third-order valence-corrected chi connectivity index (χ3v) is 6.74. The molecule has 5 aromatic carbocycles. The maximum Gasteiger partial charge on any atom is 3.00 e. The Labute approximate surface area is 237 Å². The first-order chi connectivity index (χ1) is 18.3. The summed E-state index contributed by atoms with van der Waals surface area (Å²) in [7, 11) is 0. The molecule has 7 aromatic rings. The van der Waals surface area contributed by atoms with Gasteiger partial charge in [0.05, 0.1) is 5.69 Å². The fourth-order valence-electron chi connectivity index (χ4n) is 4.95. The van der Waals surface area contributed by atoms with E-state index in [-0.39, 0.29) is 22.4 Å². The molecule has 0 fully saturated rings. The Hall–Kier alpha value is -4.21. The normalized spacial score (nSPS) is 10.9. The average molecular weight is 667 g/mol. The minimum Gasteiger partial charge on any atom is -0.656 e. The maximum atomic E-state index is 5.12. The number of hydrogen-bond donors (Lipinski definition) is 0. The van der Waals surface area contributed by atoms with Crippen LogP contribution in [0.1, 0.15) is 0 Å². The van der Waals surface area contributed by atoms with Gasteiger partial charge in [-0.2, -0.15) is 42.0 Å². The Bertz CT molecular complexity index is 1810. The standard InChI is InChI=1S/C35H21N2.Au/c1-3-11-24(12-4-1)26-21-27(25-13-5-2-6-14-25)23-28(22-26)32-19-10-20-34(36-32)31-17-9-16-30-29-15-7-8-18-33(29)37-35(30)31;/h1-13,15-22H;/q-3;+3. The summed E-state index contributed by atoms with van der Waals surface area (Å²) in [6, 6.07) is 50.6. The van der Waals surface area contributed by atoms with Crippen molar-refractivity contribution in [3.05, 3.63) is 140 Å². The summed E-state index contributed by atoms with van der Waals surface area (Å²) in [4.78, 5) is 10.1. The molecule has 182 valence electrons. The summed E-state index contributed by atoms with van der Waals surface area (Å²) in [5.74, 6) is 0. The molecule has 0 amide bonds. The zero-order valence-corrected chi connectivity index (χ0v) is 22.5. The van der Waals surface area contributed by atoms with Crippen LogP contribution in [0.4, 0.5) is 0 Å². The van der Waals surface area contributed by atoms with Crippen molar-refractivity contribution in [2.24, 2.45) is 0 Å². The van der Waals surface area contributed by atoms with Crippen molar-refractivity contribution < 1.29 is 22.4 Å². The first-order valence-electron chi connectivity index (χ1n) is 12.4. The van der Waals surface area contributed by atoms with Crippen LogP contribution in [0.2, 0.25) is 0 Å². The summed E-state index contributed by atoms with van der Waals surface area (Å²) in [5.41, 5.74) is 10.0. The summed E-state index contributed by atoms with van der Waals surface area (Å²) in [6.45, 7) is 0. The molecule has 0 atom stereocenters. The van der Waals surface area contributed by atoms with E-state index in [4.69, 9.17) is 9.97 Å². The molecular formula is C35H21AuN2. The van der Waals surface area contributed by atoms with Gasteiger partial charge in [-0.1, -0.05) is 90.5 Å². The van der Waals surface area contributed by atoms with Crippen LogP contribution < -0.4 is 4.98 Å². The first kappa shape index (κ1) is 24.1. The molecule has 38 heavy (non-hydrogen) atoms. The summed E-state index contributed by atoms with van der Waals surface area (Å²) in [5, 5.41) is 2.32. The molecule has 0 aliphatic rings. The molecule has 3 heteroatoms. The Kier molecular flexibility index (Phi) is 6.53. The fourth-order valence-corrected chi connectivity index (χ4v) is 4.95. The number of hydrogen-bond acceptors (Lipinski definition) is 1. The van der Waals surface area contributed by atoms with E-state index in [1.165, 1.54) is 5.39 Å². The van der Waals surface area contributed by atoms with Crippen molar-refractivity contribution in [3.63, 3.8) is 0 Å². The average Bonchev–Trinajstić information content (AvgIpc) is 3.37. The van der Waals surface area contributed by atoms with E-state index in [0.717, 1.165) is 61.2 Å². The van der Waals surface area contributed by atoms with Crippen LogP contribution in [-0.4, -0.2) is 4.98 Å². The van der Waals surface area contributed by atoms with Crippen LogP contribution in [-0.2, 0) is 22.4 Å². The van der Waals surface area contributed by atoms with Gasteiger partial charge in [-0.25, -0.2) is 5.56 Å². The molecule has 0 radical (unpaired) electrons. The molecule has 2 nitrogen and oxygen atoms in total. The number of benzene rings is 5. The van der Waals surface area contributed by atoms with Gasteiger partial charge in [-0.3, -0.25) is 4.98 Å². The smallest absolute Gasteiger partial charge is 0.656 e. The molecule has 0 unspecified atom stereocenters. The number of fused-ring (bicyclic) bond motifs is 3. The molecule has 0 aliphatic heterocycles. The number of aromatic nitrogens is 2. The number of para-hydroxylation sites is 2. The molecule has 0 bridgehead atoms. The second kappa shape index (κ2) is 10.3. The monoisotopic (exact) mass is 666 g/mol. The van der Waals surface area contributed by atoms with Crippen molar-refractivity contribution in [3.8, 4) is 44.8 Å². The largest absolute Gasteiger partial charge is 3.00 e. The summed E-state index contributed by atoms with van der Waals surface area (Å²) >= 11 is 0. The maximum absolute atomic E-state index is 5.12. The van der Waals surface area contributed by atoms with Gasteiger partial charge in [-0.15, -0.1) is 28.7 Å². The number of nitrogens with zero attached hydrogens (tertiary/aromatic N) is 2. The van der Waals surface area contributed by atoms with Gasteiger partial charge in [0, 0.05) is 5.69 Å². The SMILES string of the molecule is [Au+3].[c-]1ccccc1-c1[c-]c(-c2cccc(-c3cccc4c3[n-]c3ccccc34)n2)cc(-c2ccccc2)c1. The number of pyridine rings is 1. The predicted molar refractivity (Wildman–Crippen MR) is 152 cm³/mol. The Morgan fingerprint density at radius 3 is 2.16 bits per heavy atom. The minimum absolute atomic E-state index is 0. The Morgan fingerprint density at radius 1 is 0.553 bits per heavy atom. The number of rotatable bonds is 4. The zero-order chi connectivity index (χ0) is 24.6. The molecule has 0 saturated heterocycles. The molecule has 0 aliphatic carbocycles. The van der Waals surface area contributed by atoms with E-state index in [1.54, 1.807) is 0 Å². The molecule has 0 N–H and O–H groups in total. The van der Waals surface area contributed by atoms with E-state index in [9.17, 15) is 0 Å². The van der Waals surface area contributed by atoms with Crippen molar-refractivity contribution in [1.29, 1.82) is 0 Å². The molecule has 2 heterocycles. The van der Waals surface area contributed by atoms with Gasteiger partial charge >= 0.3 is 22.4 Å². The first-order valence-corrected chi connectivity index (χ1v) is 12.4. The van der Waals surface area contributed by atoms with Crippen LogP contribution in [0.25, 0.3) is 66.6 Å². The Balaban J connectivity index is 0.00000264. The van der Waals surface area contributed by atoms with Gasteiger partial charge in [0.2, 0.25) is 0 Å². The van der Waals surface area contributed by atoms with E-state index < -0.39 is 0 Å².